The molecule has 4 nitrogen and oxygen atoms in total. The third-order valence-corrected chi connectivity index (χ3v) is 4.43. The molecule has 21 heavy (non-hydrogen) atoms. The van der Waals surface area contributed by atoms with Crippen molar-refractivity contribution in [3.8, 4) is 0 Å². The second-order valence-corrected chi connectivity index (χ2v) is 6.67. The van der Waals surface area contributed by atoms with Crippen molar-refractivity contribution in [1.82, 2.24) is 0 Å². The fraction of sp³-hybridized carbons (Fsp3) is 0.455. The summed E-state index contributed by atoms with van der Waals surface area (Å²) in [5.74, 6) is -10.1. The largest absolute Gasteiger partial charge is 0.495 e. The van der Waals surface area contributed by atoms with E-state index in [4.69, 9.17) is 0 Å². The average molecular weight is 331 g/mol. The summed E-state index contributed by atoms with van der Waals surface area (Å²) in [6.07, 6.45) is 0.466. The van der Waals surface area contributed by atoms with Crippen LogP contribution in [0.15, 0.2) is 0 Å². The highest BCUT2D eigenvalue weighted by Crippen LogP contribution is 2.27. The Balaban J connectivity index is 2.61. The van der Waals surface area contributed by atoms with E-state index in [-0.39, 0.29) is 25.4 Å². The first-order chi connectivity index (χ1) is 9.71. The SMILES string of the molecule is CO[Si](O)(O)CCCCNc1c(F)c(F)c(F)c(F)c1F. The van der Waals surface area contributed by atoms with E-state index < -0.39 is 43.6 Å². The normalized spacial score (nSPS) is 11.8. The highest BCUT2D eigenvalue weighted by Gasteiger charge is 2.29. The van der Waals surface area contributed by atoms with Crippen molar-refractivity contribution in [3.05, 3.63) is 29.1 Å². The first-order valence-electron chi connectivity index (χ1n) is 5.96. The molecule has 0 bridgehead atoms. The molecule has 1 rings (SSSR count). The maximum Gasteiger partial charge on any atom is 0.495 e. The van der Waals surface area contributed by atoms with Gasteiger partial charge in [-0.15, -0.1) is 0 Å². The molecule has 0 fully saturated rings. The zero-order valence-electron chi connectivity index (χ0n) is 11.0. The molecule has 0 spiro atoms. The molecule has 0 aliphatic heterocycles. The summed E-state index contributed by atoms with van der Waals surface area (Å²) in [6, 6.07) is -0.0394. The number of halogens is 5. The Morgan fingerprint density at radius 2 is 1.38 bits per heavy atom. The van der Waals surface area contributed by atoms with Crippen molar-refractivity contribution in [2.75, 3.05) is 19.0 Å². The van der Waals surface area contributed by atoms with E-state index in [1.165, 1.54) is 0 Å². The molecule has 10 heteroatoms. The summed E-state index contributed by atoms with van der Waals surface area (Å²) in [6.45, 7) is -0.105. The van der Waals surface area contributed by atoms with Crippen LogP contribution >= 0.6 is 0 Å². The summed E-state index contributed by atoms with van der Waals surface area (Å²) in [5.41, 5.74) is -1.10. The summed E-state index contributed by atoms with van der Waals surface area (Å²) >= 11 is 0. The topological polar surface area (TPSA) is 61.7 Å². The minimum Gasteiger partial charge on any atom is -0.390 e. The number of unbranched alkanes of at least 4 members (excludes halogenated alkanes) is 1. The van der Waals surface area contributed by atoms with Gasteiger partial charge in [0.05, 0.1) is 0 Å². The summed E-state index contributed by atoms with van der Waals surface area (Å²) < 4.78 is 69.6. The molecule has 1 aromatic rings. The zero-order valence-corrected chi connectivity index (χ0v) is 12.0. The van der Waals surface area contributed by atoms with Gasteiger partial charge in [0.1, 0.15) is 5.69 Å². The van der Waals surface area contributed by atoms with Crippen LogP contribution in [0.5, 0.6) is 0 Å². The molecular formula is C11H14F5NO3Si. The molecule has 0 unspecified atom stereocenters. The second-order valence-electron chi connectivity index (χ2n) is 4.28. The molecule has 0 radical (unpaired) electrons. The standard InChI is InChI=1S/C11H14F5NO3Si/c1-20-21(18,19)5-3-2-4-17-11-9(15)7(13)6(12)8(14)10(11)16/h17-19H,2-5H2,1H3. The molecule has 0 aliphatic rings. The van der Waals surface area contributed by atoms with Gasteiger partial charge in [-0.1, -0.05) is 0 Å². The van der Waals surface area contributed by atoms with Gasteiger partial charge in [0.15, 0.2) is 23.3 Å². The van der Waals surface area contributed by atoms with Crippen molar-refractivity contribution in [2.24, 2.45) is 0 Å². The molecule has 0 aromatic heterocycles. The molecule has 0 saturated carbocycles. The third-order valence-electron chi connectivity index (χ3n) is 2.77. The van der Waals surface area contributed by atoms with Crippen LogP contribution in [-0.2, 0) is 4.43 Å². The van der Waals surface area contributed by atoms with Crippen molar-refractivity contribution in [1.29, 1.82) is 0 Å². The van der Waals surface area contributed by atoms with Gasteiger partial charge in [0, 0.05) is 19.7 Å². The van der Waals surface area contributed by atoms with E-state index in [0.717, 1.165) is 7.11 Å². The van der Waals surface area contributed by atoms with Crippen LogP contribution in [0.3, 0.4) is 0 Å². The lowest BCUT2D eigenvalue weighted by atomic mass is 10.2. The van der Waals surface area contributed by atoms with Crippen molar-refractivity contribution in [3.63, 3.8) is 0 Å². The molecule has 0 amide bonds. The van der Waals surface area contributed by atoms with E-state index in [2.05, 4.69) is 9.74 Å². The van der Waals surface area contributed by atoms with Crippen LogP contribution in [0.4, 0.5) is 27.6 Å². The molecule has 0 aliphatic carbocycles. The average Bonchev–Trinajstić information content (AvgIpc) is 2.46. The third kappa shape index (κ3) is 4.36. The smallest absolute Gasteiger partial charge is 0.390 e. The Labute approximate surface area is 118 Å². The molecular weight excluding hydrogens is 317 g/mol. The number of hydrogen-bond acceptors (Lipinski definition) is 4. The number of rotatable bonds is 7. The highest BCUT2D eigenvalue weighted by atomic mass is 28.4. The fourth-order valence-electron chi connectivity index (χ4n) is 1.56. The quantitative estimate of drug-likeness (QED) is 0.236. The van der Waals surface area contributed by atoms with Gasteiger partial charge in [-0.05, 0) is 12.8 Å². The van der Waals surface area contributed by atoms with Crippen molar-refractivity contribution < 1.29 is 36.0 Å². The van der Waals surface area contributed by atoms with E-state index in [0.29, 0.717) is 0 Å². The molecule has 0 heterocycles. The first kappa shape index (κ1) is 17.8. The predicted octanol–water partition coefficient (Wildman–Crippen LogP) is 2.14. The van der Waals surface area contributed by atoms with Gasteiger partial charge in [0.2, 0.25) is 5.82 Å². The van der Waals surface area contributed by atoms with E-state index in [1.807, 2.05) is 0 Å². The summed E-state index contributed by atoms with van der Waals surface area (Å²) in [7, 11) is -2.56. The predicted molar refractivity (Wildman–Crippen MR) is 66.0 cm³/mol. The fourth-order valence-corrected chi connectivity index (χ4v) is 2.47. The van der Waals surface area contributed by atoms with E-state index in [1.54, 1.807) is 0 Å². The molecule has 0 saturated heterocycles. The van der Waals surface area contributed by atoms with Crippen LogP contribution in [0.1, 0.15) is 12.8 Å². The monoisotopic (exact) mass is 331 g/mol. The minimum atomic E-state index is -3.70. The van der Waals surface area contributed by atoms with Gasteiger partial charge < -0.3 is 19.3 Å². The lowest BCUT2D eigenvalue weighted by molar-refractivity contribution is 0.183. The Morgan fingerprint density at radius 3 is 1.86 bits per heavy atom. The first-order valence-corrected chi connectivity index (χ1v) is 7.97. The summed E-state index contributed by atoms with van der Waals surface area (Å²) in [5, 5.41) is 2.11. The van der Waals surface area contributed by atoms with E-state index >= 15 is 0 Å². The van der Waals surface area contributed by atoms with Crippen LogP contribution in [0.25, 0.3) is 0 Å². The zero-order chi connectivity index (χ0) is 16.2. The highest BCUT2D eigenvalue weighted by molar-refractivity contribution is 6.57. The lowest BCUT2D eigenvalue weighted by Crippen LogP contribution is -2.37. The molecule has 0 atom stereocenters. The van der Waals surface area contributed by atoms with Crippen molar-refractivity contribution in [2.45, 2.75) is 18.9 Å². The Bertz CT molecular complexity index is 486. The molecule has 1 aromatic carbocycles. The van der Waals surface area contributed by atoms with Crippen LogP contribution in [0, 0.1) is 29.1 Å². The number of anilines is 1. The Kier molecular flexibility index (Phi) is 6.07. The van der Waals surface area contributed by atoms with Gasteiger partial charge in [-0.3, -0.25) is 0 Å². The van der Waals surface area contributed by atoms with Crippen LogP contribution in [0.2, 0.25) is 6.04 Å². The second kappa shape index (κ2) is 7.16. The van der Waals surface area contributed by atoms with Gasteiger partial charge >= 0.3 is 8.80 Å². The molecule has 120 valence electrons. The van der Waals surface area contributed by atoms with Gasteiger partial charge in [-0.2, -0.15) is 0 Å². The lowest BCUT2D eigenvalue weighted by Gasteiger charge is -2.14. The van der Waals surface area contributed by atoms with Crippen LogP contribution < -0.4 is 5.32 Å². The van der Waals surface area contributed by atoms with Crippen molar-refractivity contribution >= 4 is 14.5 Å². The minimum absolute atomic E-state index is 0.0394. The maximum absolute atomic E-state index is 13.3. The van der Waals surface area contributed by atoms with Gasteiger partial charge in [-0.25, -0.2) is 22.0 Å². The number of nitrogens with one attached hydrogen (secondary N) is 1. The number of hydrogen-bond donors (Lipinski definition) is 3. The maximum atomic E-state index is 13.3. The Morgan fingerprint density at radius 1 is 0.905 bits per heavy atom. The van der Waals surface area contributed by atoms with Crippen LogP contribution in [-0.4, -0.2) is 32.1 Å². The number of benzene rings is 1. The van der Waals surface area contributed by atoms with E-state index in [9.17, 15) is 31.5 Å². The molecule has 3 N–H and O–H groups in total. The Hall–Kier alpha value is -1.23. The summed E-state index contributed by atoms with van der Waals surface area (Å²) in [4.78, 5) is 18.4. The van der Waals surface area contributed by atoms with Gasteiger partial charge in [0.25, 0.3) is 0 Å².